The zero-order valence-electron chi connectivity index (χ0n) is 16.0. The van der Waals surface area contributed by atoms with Gasteiger partial charge < -0.3 is 15.5 Å². The second kappa shape index (κ2) is 10.5. The minimum atomic E-state index is -0.0132. The summed E-state index contributed by atoms with van der Waals surface area (Å²) in [5.41, 5.74) is 1.34. The molecule has 0 radical (unpaired) electrons. The van der Waals surface area contributed by atoms with Crippen molar-refractivity contribution in [2.45, 2.75) is 26.8 Å². The third kappa shape index (κ3) is 6.29. The summed E-state index contributed by atoms with van der Waals surface area (Å²) >= 11 is 3.50. The highest BCUT2D eigenvalue weighted by molar-refractivity contribution is 9.10. The van der Waals surface area contributed by atoms with Gasteiger partial charge in [0.25, 0.3) is 0 Å². The van der Waals surface area contributed by atoms with Crippen LogP contribution in [0.2, 0.25) is 0 Å². The number of hydrogen-bond donors (Lipinski definition) is 2. The van der Waals surface area contributed by atoms with Crippen LogP contribution in [0.5, 0.6) is 0 Å². The number of aliphatic imine (C=N–C) groups is 1. The van der Waals surface area contributed by atoms with E-state index in [2.05, 4.69) is 79.5 Å². The molecule has 1 aromatic carbocycles. The maximum Gasteiger partial charge on any atom is 0.216 e. The Hall–Kier alpha value is -1.60. The summed E-state index contributed by atoms with van der Waals surface area (Å²) in [6.45, 7) is 11.8. The smallest absolute Gasteiger partial charge is 0.216 e. The van der Waals surface area contributed by atoms with Crippen LogP contribution in [-0.4, -0.2) is 67.5 Å². The van der Waals surface area contributed by atoms with Gasteiger partial charge in [-0.25, -0.2) is 0 Å². The lowest BCUT2D eigenvalue weighted by atomic mass is 10.1. The zero-order chi connectivity index (χ0) is 18.9. The number of carbonyl (C=O) groups is 1. The molecule has 1 heterocycles. The maximum absolute atomic E-state index is 11.0. The van der Waals surface area contributed by atoms with Gasteiger partial charge in [0.15, 0.2) is 5.96 Å². The van der Waals surface area contributed by atoms with E-state index < -0.39 is 0 Å². The number of carbonyl (C=O) groups excluding carboxylic acids is 1. The number of guanidine groups is 1. The van der Waals surface area contributed by atoms with Crippen molar-refractivity contribution in [3.8, 4) is 0 Å². The van der Waals surface area contributed by atoms with Crippen molar-refractivity contribution in [2.24, 2.45) is 4.99 Å². The maximum atomic E-state index is 11.0. The molecule has 1 saturated heterocycles. The fourth-order valence-corrected chi connectivity index (χ4v) is 3.36. The molecule has 1 aliphatic rings. The summed E-state index contributed by atoms with van der Waals surface area (Å²) in [5, 5.41) is 6.15. The Kier molecular flexibility index (Phi) is 8.38. The minimum absolute atomic E-state index is 0.0132. The largest absolute Gasteiger partial charge is 0.357 e. The number of amides is 1. The van der Waals surface area contributed by atoms with Crippen molar-refractivity contribution in [1.82, 2.24) is 20.4 Å². The van der Waals surface area contributed by atoms with Gasteiger partial charge in [-0.05, 0) is 31.5 Å². The van der Waals surface area contributed by atoms with E-state index in [9.17, 15) is 4.79 Å². The molecular weight excluding hydrogens is 394 g/mol. The van der Waals surface area contributed by atoms with Crippen LogP contribution in [0.1, 0.15) is 32.4 Å². The van der Waals surface area contributed by atoms with E-state index in [4.69, 9.17) is 0 Å². The average Bonchev–Trinajstić information content (AvgIpc) is 2.64. The SMILES string of the molecule is CCNC(=NCCNC(C)=O)N1CCN(C(C)c2ccc(Br)cc2)CC1. The summed E-state index contributed by atoms with van der Waals surface area (Å²) in [7, 11) is 0. The molecule has 0 aliphatic carbocycles. The van der Waals surface area contributed by atoms with E-state index >= 15 is 0 Å². The number of nitrogens with zero attached hydrogens (tertiary/aromatic N) is 3. The zero-order valence-corrected chi connectivity index (χ0v) is 17.6. The monoisotopic (exact) mass is 423 g/mol. The van der Waals surface area contributed by atoms with E-state index in [1.165, 1.54) is 12.5 Å². The Morgan fingerprint density at radius 3 is 2.42 bits per heavy atom. The van der Waals surface area contributed by atoms with Gasteiger partial charge >= 0.3 is 0 Å². The lowest BCUT2D eigenvalue weighted by Crippen LogP contribution is -2.53. The summed E-state index contributed by atoms with van der Waals surface area (Å²) in [4.78, 5) is 20.4. The van der Waals surface area contributed by atoms with Crippen LogP contribution >= 0.6 is 15.9 Å². The first-order chi connectivity index (χ1) is 12.5. The van der Waals surface area contributed by atoms with Gasteiger partial charge in [0.1, 0.15) is 0 Å². The van der Waals surface area contributed by atoms with Gasteiger partial charge in [0.2, 0.25) is 5.91 Å². The Morgan fingerprint density at radius 2 is 1.85 bits per heavy atom. The average molecular weight is 424 g/mol. The first kappa shape index (κ1) is 20.7. The number of hydrogen-bond acceptors (Lipinski definition) is 3. The highest BCUT2D eigenvalue weighted by Crippen LogP contribution is 2.23. The van der Waals surface area contributed by atoms with E-state index in [-0.39, 0.29) is 5.91 Å². The van der Waals surface area contributed by atoms with Crippen molar-refractivity contribution in [3.63, 3.8) is 0 Å². The Labute approximate surface area is 165 Å². The number of halogens is 1. The first-order valence-electron chi connectivity index (χ1n) is 9.28. The van der Waals surface area contributed by atoms with Gasteiger partial charge in [0.05, 0.1) is 6.54 Å². The highest BCUT2D eigenvalue weighted by atomic mass is 79.9. The van der Waals surface area contributed by atoms with E-state index in [1.807, 2.05) is 0 Å². The third-order valence-corrected chi connectivity index (χ3v) is 5.12. The van der Waals surface area contributed by atoms with E-state index in [0.29, 0.717) is 19.1 Å². The summed E-state index contributed by atoms with van der Waals surface area (Å²) in [6.07, 6.45) is 0. The lowest BCUT2D eigenvalue weighted by molar-refractivity contribution is -0.118. The molecule has 2 N–H and O–H groups in total. The Balaban J connectivity index is 1.88. The predicted molar refractivity (Wildman–Crippen MR) is 110 cm³/mol. The third-order valence-electron chi connectivity index (χ3n) is 4.60. The van der Waals surface area contributed by atoms with Crippen molar-refractivity contribution < 1.29 is 4.79 Å². The van der Waals surface area contributed by atoms with Crippen LogP contribution in [-0.2, 0) is 4.79 Å². The number of benzene rings is 1. The molecule has 0 aromatic heterocycles. The van der Waals surface area contributed by atoms with Gasteiger partial charge in [0, 0.05) is 56.7 Å². The quantitative estimate of drug-likeness (QED) is 0.418. The van der Waals surface area contributed by atoms with Gasteiger partial charge in [-0.3, -0.25) is 14.7 Å². The van der Waals surface area contributed by atoms with Crippen molar-refractivity contribution in [2.75, 3.05) is 45.8 Å². The summed E-state index contributed by atoms with van der Waals surface area (Å²) in [5.74, 6) is 0.926. The topological polar surface area (TPSA) is 60.0 Å². The Bertz CT molecular complexity index is 596. The van der Waals surface area contributed by atoms with Crippen LogP contribution < -0.4 is 10.6 Å². The minimum Gasteiger partial charge on any atom is -0.357 e. The molecule has 0 spiro atoms. The summed E-state index contributed by atoms with van der Waals surface area (Å²) < 4.78 is 1.11. The van der Waals surface area contributed by atoms with E-state index in [1.54, 1.807) is 0 Å². The highest BCUT2D eigenvalue weighted by Gasteiger charge is 2.23. The van der Waals surface area contributed by atoms with E-state index in [0.717, 1.165) is 43.2 Å². The molecule has 1 fully saturated rings. The molecule has 1 atom stereocenters. The van der Waals surface area contributed by atoms with Gasteiger partial charge in [-0.2, -0.15) is 0 Å². The molecule has 1 amide bonds. The molecule has 26 heavy (non-hydrogen) atoms. The van der Waals surface area contributed by atoms with Crippen LogP contribution in [0.3, 0.4) is 0 Å². The Morgan fingerprint density at radius 1 is 1.19 bits per heavy atom. The fourth-order valence-electron chi connectivity index (χ4n) is 3.09. The number of piperazine rings is 1. The fraction of sp³-hybridized carbons (Fsp3) is 0.579. The standard InChI is InChI=1S/C19H30BrN5O/c1-4-21-19(23-10-9-22-16(3)26)25-13-11-24(12-14-25)15(2)17-5-7-18(20)8-6-17/h5-8,15H,4,9-14H2,1-3H3,(H,21,23)(H,22,26). The molecule has 0 bridgehead atoms. The molecule has 2 rings (SSSR count). The van der Waals surface area contributed by atoms with Crippen LogP contribution in [0, 0.1) is 0 Å². The normalized spacial score (nSPS) is 17.1. The molecule has 1 aliphatic heterocycles. The molecule has 1 unspecified atom stereocenters. The van der Waals surface area contributed by atoms with Crippen LogP contribution in [0.4, 0.5) is 0 Å². The molecule has 144 valence electrons. The molecule has 1 aromatic rings. The number of rotatable bonds is 6. The first-order valence-corrected chi connectivity index (χ1v) is 10.1. The van der Waals surface area contributed by atoms with Crippen molar-refractivity contribution >= 4 is 27.8 Å². The summed E-state index contributed by atoms with van der Waals surface area (Å²) in [6, 6.07) is 8.99. The van der Waals surface area contributed by atoms with Gasteiger partial charge in [-0.1, -0.05) is 28.1 Å². The van der Waals surface area contributed by atoms with Crippen LogP contribution in [0.15, 0.2) is 33.7 Å². The second-order valence-corrected chi connectivity index (χ2v) is 7.38. The molecule has 7 heteroatoms. The molecular formula is C19H30BrN5O. The lowest BCUT2D eigenvalue weighted by Gasteiger charge is -2.39. The van der Waals surface area contributed by atoms with Gasteiger partial charge in [-0.15, -0.1) is 0 Å². The van der Waals surface area contributed by atoms with Crippen molar-refractivity contribution in [1.29, 1.82) is 0 Å². The number of nitrogens with one attached hydrogen (secondary N) is 2. The molecule has 6 nitrogen and oxygen atoms in total. The van der Waals surface area contributed by atoms with Crippen LogP contribution in [0.25, 0.3) is 0 Å². The predicted octanol–water partition coefficient (Wildman–Crippen LogP) is 2.23. The van der Waals surface area contributed by atoms with Crippen molar-refractivity contribution in [3.05, 3.63) is 34.3 Å². The second-order valence-electron chi connectivity index (χ2n) is 6.47. The molecule has 0 saturated carbocycles.